The molecule has 0 aromatic rings. The molecule has 1 atom stereocenters. The predicted octanol–water partition coefficient (Wildman–Crippen LogP) is 2.89. The van der Waals surface area contributed by atoms with E-state index in [0.29, 0.717) is 11.3 Å². The normalized spacial score (nSPS) is 26.3. The van der Waals surface area contributed by atoms with Gasteiger partial charge in [0.15, 0.2) is 0 Å². The van der Waals surface area contributed by atoms with Crippen molar-refractivity contribution in [3.63, 3.8) is 0 Å². The third-order valence-corrected chi connectivity index (χ3v) is 3.98. The zero-order chi connectivity index (χ0) is 10.9. The lowest BCUT2D eigenvalue weighted by Crippen LogP contribution is -2.21. The van der Waals surface area contributed by atoms with Gasteiger partial charge in [0.1, 0.15) is 0 Å². The summed E-state index contributed by atoms with van der Waals surface area (Å²) in [5.74, 6) is 0.491. The molecule has 0 bridgehead atoms. The number of hydrogen-bond acceptors (Lipinski definition) is 2. The Balaban J connectivity index is 2.13. The van der Waals surface area contributed by atoms with Crippen molar-refractivity contribution in [3.05, 3.63) is 11.8 Å². The molecule has 1 aliphatic heterocycles. The molecule has 1 unspecified atom stereocenters. The first-order valence-corrected chi connectivity index (χ1v) is 6.20. The van der Waals surface area contributed by atoms with Crippen LogP contribution < -0.4 is 5.73 Å². The number of aliphatic imine (C=N–C) groups is 1. The number of allylic oxidation sites excluding steroid dienone is 2. The molecular formula is C13H22N2. The van der Waals surface area contributed by atoms with Crippen LogP contribution in [0.3, 0.4) is 0 Å². The highest BCUT2D eigenvalue weighted by molar-refractivity contribution is 6.02. The van der Waals surface area contributed by atoms with Gasteiger partial charge < -0.3 is 5.73 Å². The van der Waals surface area contributed by atoms with Gasteiger partial charge in [-0.05, 0) is 44.1 Å². The van der Waals surface area contributed by atoms with E-state index in [-0.39, 0.29) is 0 Å². The minimum Gasteiger partial charge on any atom is -0.402 e. The summed E-state index contributed by atoms with van der Waals surface area (Å²) in [7, 11) is 0. The van der Waals surface area contributed by atoms with E-state index in [1.165, 1.54) is 31.4 Å². The van der Waals surface area contributed by atoms with Crippen LogP contribution in [-0.2, 0) is 0 Å². The molecule has 84 valence electrons. The molecule has 0 aromatic carbocycles. The molecule has 2 rings (SSSR count). The van der Waals surface area contributed by atoms with Crippen molar-refractivity contribution in [2.24, 2.45) is 22.1 Å². The predicted molar refractivity (Wildman–Crippen MR) is 64.9 cm³/mol. The van der Waals surface area contributed by atoms with Gasteiger partial charge in [0.2, 0.25) is 0 Å². The minimum atomic E-state index is 0.455. The molecule has 0 radical (unpaired) electrons. The van der Waals surface area contributed by atoms with Gasteiger partial charge in [-0.3, -0.25) is 4.99 Å². The van der Waals surface area contributed by atoms with Gasteiger partial charge in [-0.15, -0.1) is 0 Å². The molecule has 0 amide bonds. The van der Waals surface area contributed by atoms with Gasteiger partial charge in [-0.1, -0.05) is 13.8 Å². The summed E-state index contributed by atoms with van der Waals surface area (Å²) in [5.41, 5.74) is 8.86. The summed E-state index contributed by atoms with van der Waals surface area (Å²) < 4.78 is 0. The minimum absolute atomic E-state index is 0.455. The molecule has 15 heavy (non-hydrogen) atoms. The zero-order valence-electron chi connectivity index (χ0n) is 9.92. The van der Waals surface area contributed by atoms with Gasteiger partial charge in [0, 0.05) is 23.4 Å². The lowest BCUT2D eigenvalue weighted by molar-refractivity contribution is 0.560. The highest BCUT2D eigenvalue weighted by atomic mass is 14.8. The molecule has 2 nitrogen and oxygen atoms in total. The standard InChI is InChI=1S/C13H22N2/c1-3-10(2)11(14)9-12-13(6-7-13)5-4-8-15-12/h9-10H,3-8,14H2,1-2H3/b11-9-. The molecule has 1 spiro atoms. The number of nitrogens with two attached hydrogens (primary N) is 1. The SMILES string of the molecule is CCC(C)/C(N)=C/C1=NCCCC12CC2. The fraction of sp³-hybridized carbons (Fsp3) is 0.769. The first-order valence-electron chi connectivity index (χ1n) is 6.20. The summed E-state index contributed by atoms with van der Waals surface area (Å²) in [6, 6.07) is 0. The molecule has 0 aromatic heterocycles. The van der Waals surface area contributed by atoms with Gasteiger partial charge in [-0.25, -0.2) is 0 Å². The highest BCUT2D eigenvalue weighted by Gasteiger charge is 2.46. The van der Waals surface area contributed by atoms with Crippen LogP contribution >= 0.6 is 0 Å². The second-order valence-corrected chi connectivity index (χ2v) is 5.10. The lowest BCUT2D eigenvalue weighted by atomic mass is 9.89. The van der Waals surface area contributed by atoms with Crippen LogP contribution in [0.2, 0.25) is 0 Å². The van der Waals surface area contributed by atoms with Crippen LogP contribution in [0.25, 0.3) is 0 Å². The van der Waals surface area contributed by atoms with Gasteiger partial charge in [-0.2, -0.15) is 0 Å². The largest absolute Gasteiger partial charge is 0.402 e. The van der Waals surface area contributed by atoms with E-state index in [2.05, 4.69) is 24.9 Å². The van der Waals surface area contributed by atoms with E-state index in [9.17, 15) is 0 Å². The Hall–Kier alpha value is -0.790. The molecular weight excluding hydrogens is 184 g/mol. The Morgan fingerprint density at radius 3 is 2.87 bits per heavy atom. The van der Waals surface area contributed by atoms with Crippen molar-refractivity contribution in [2.75, 3.05) is 6.54 Å². The van der Waals surface area contributed by atoms with E-state index in [0.717, 1.165) is 18.7 Å². The lowest BCUT2D eigenvalue weighted by Gasteiger charge is -2.21. The second-order valence-electron chi connectivity index (χ2n) is 5.10. The van der Waals surface area contributed by atoms with Crippen molar-refractivity contribution < 1.29 is 0 Å². The number of hydrogen-bond donors (Lipinski definition) is 1. The molecule has 1 aliphatic carbocycles. The van der Waals surface area contributed by atoms with Gasteiger partial charge >= 0.3 is 0 Å². The molecule has 2 N–H and O–H groups in total. The first-order chi connectivity index (χ1) is 7.18. The summed E-state index contributed by atoms with van der Waals surface area (Å²) in [6.45, 7) is 5.37. The summed E-state index contributed by atoms with van der Waals surface area (Å²) in [5, 5.41) is 0. The van der Waals surface area contributed by atoms with Crippen molar-refractivity contribution in [1.29, 1.82) is 0 Å². The monoisotopic (exact) mass is 206 g/mol. The van der Waals surface area contributed by atoms with E-state index < -0.39 is 0 Å². The molecule has 0 saturated heterocycles. The fourth-order valence-electron chi connectivity index (χ4n) is 2.30. The average molecular weight is 206 g/mol. The third kappa shape index (κ3) is 2.09. The average Bonchev–Trinajstić information content (AvgIpc) is 3.01. The molecule has 1 heterocycles. The Morgan fingerprint density at radius 1 is 1.53 bits per heavy atom. The number of rotatable bonds is 3. The molecule has 2 heteroatoms. The molecule has 2 aliphatic rings. The Labute approximate surface area is 92.7 Å². The van der Waals surface area contributed by atoms with Crippen LogP contribution in [0.4, 0.5) is 0 Å². The van der Waals surface area contributed by atoms with Crippen molar-refractivity contribution in [2.45, 2.75) is 46.0 Å². The fourth-order valence-corrected chi connectivity index (χ4v) is 2.30. The van der Waals surface area contributed by atoms with Gasteiger partial charge in [0.25, 0.3) is 0 Å². The summed E-state index contributed by atoms with van der Waals surface area (Å²) >= 11 is 0. The maximum atomic E-state index is 6.09. The van der Waals surface area contributed by atoms with Crippen LogP contribution in [0, 0.1) is 11.3 Å². The molecule has 1 fully saturated rings. The quantitative estimate of drug-likeness (QED) is 0.757. The van der Waals surface area contributed by atoms with Crippen molar-refractivity contribution in [3.8, 4) is 0 Å². The Bertz CT molecular complexity index is 298. The van der Waals surface area contributed by atoms with Crippen LogP contribution in [0.5, 0.6) is 0 Å². The maximum absolute atomic E-state index is 6.09. The third-order valence-electron chi connectivity index (χ3n) is 3.98. The maximum Gasteiger partial charge on any atom is 0.0427 e. The van der Waals surface area contributed by atoms with Gasteiger partial charge in [0.05, 0.1) is 0 Å². The van der Waals surface area contributed by atoms with Crippen molar-refractivity contribution in [1.82, 2.24) is 0 Å². The topological polar surface area (TPSA) is 38.4 Å². The number of nitrogens with zero attached hydrogens (tertiary/aromatic N) is 1. The van der Waals surface area contributed by atoms with E-state index in [1.807, 2.05) is 0 Å². The second kappa shape index (κ2) is 3.99. The Morgan fingerprint density at radius 2 is 2.27 bits per heavy atom. The Kier molecular flexibility index (Phi) is 2.85. The smallest absolute Gasteiger partial charge is 0.0427 e. The van der Waals surface area contributed by atoms with E-state index >= 15 is 0 Å². The first kappa shape index (κ1) is 10.7. The zero-order valence-corrected chi connectivity index (χ0v) is 9.92. The highest BCUT2D eigenvalue weighted by Crippen LogP contribution is 2.52. The van der Waals surface area contributed by atoms with Crippen LogP contribution in [-0.4, -0.2) is 12.3 Å². The summed E-state index contributed by atoms with van der Waals surface area (Å²) in [4.78, 5) is 4.66. The van der Waals surface area contributed by atoms with Crippen LogP contribution in [0.1, 0.15) is 46.0 Å². The van der Waals surface area contributed by atoms with Crippen molar-refractivity contribution >= 4 is 5.71 Å². The van der Waals surface area contributed by atoms with Crippen LogP contribution in [0.15, 0.2) is 16.8 Å². The van der Waals surface area contributed by atoms with E-state index in [1.54, 1.807) is 0 Å². The summed E-state index contributed by atoms with van der Waals surface area (Å²) in [6.07, 6.45) is 8.53. The molecule has 1 saturated carbocycles. The van der Waals surface area contributed by atoms with E-state index in [4.69, 9.17) is 5.73 Å².